The maximum Gasteiger partial charge on any atom is 0.139 e. The third-order valence-corrected chi connectivity index (χ3v) is 9.44. The first-order valence-corrected chi connectivity index (χ1v) is 15.7. The molecule has 4 nitrogen and oxygen atoms in total. The van der Waals surface area contributed by atoms with Crippen LogP contribution >= 0.6 is 0 Å². The van der Waals surface area contributed by atoms with Crippen molar-refractivity contribution in [1.29, 1.82) is 5.26 Å². The number of aromatic nitrogens is 1. The molecule has 0 N–H and O–H groups in total. The van der Waals surface area contributed by atoms with Crippen LogP contribution in [0.5, 0.6) is 0 Å². The van der Waals surface area contributed by atoms with E-state index in [0.717, 1.165) is 88.1 Å². The summed E-state index contributed by atoms with van der Waals surface area (Å²) in [6.07, 6.45) is 0. The number of benzene rings is 7. The maximum absolute atomic E-state index is 10.4. The highest BCUT2D eigenvalue weighted by molar-refractivity contribution is 6.16. The van der Waals surface area contributed by atoms with E-state index in [1.165, 1.54) is 5.56 Å². The van der Waals surface area contributed by atoms with Gasteiger partial charge in [-0.1, -0.05) is 91.0 Å². The Morgan fingerprint density at radius 2 is 1.00 bits per heavy atom. The van der Waals surface area contributed by atoms with Crippen molar-refractivity contribution in [2.45, 2.75) is 0 Å². The lowest BCUT2D eigenvalue weighted by atomic mass is 9.97. The third-order valence-electron chi connectivity index (χ3n) is 9.44. The minimum Gasteiger partial charge on any atom is -0.456 e. The van der Waals surface area contributed by atoms with E-state index in [-0.39, 0.29) is 0 Å². The van der Waals surface area contributed by atoms with Gasteiger partial charge in [0.05, 0.1) is 22.3 Å². The van der Waals surface area contributed by atoms with Crippen molar-refractivity contribution in [2.24, 2.45) is 0 Å². The number of nitrogens with zero attached hydrogens (tertiary/aromatic N) is 2. The predicted octanol–water partition coefficient (Wildman–Crippen LogP) is 11.8. The first-order valence-electron chi connectivity index (χ1n) is 15.7. The van der Waals surface area contributed by atoms with Crippen LogP contribution in [0.3, 0.4) is 0 Å². The van der Waals surface area contributed by atoms with E-state index in [1.54, 1.807) is 0 Å². The molecule has 0 bridgehead atoms. The van der Waals surface area contributed by atoms with Gasteiger partial charge in [0.2, 0.25) is 0 Å². The van der Waals surface area contributed by atoms with Crippen LogP contribution in [0.4, 0.5) is 0 Å². The zero-order valence-electron chi connectivity index (χ0n) is 25.1. The topological polar surface area (TPSA) is 55.0 Å². The molecule has 0 saturated heterocycles. The van der Waals surface area contributed by atoms with Crippen LogP contribution in [0.15, 0.2) is 154 Å². The molecule has 0 unspecified atom stereocenters. The Kier molecular flexibility index (Phi) is 5.32. The van der Waals surface area contributed by atoms with Crippen LogP contribution in [-0.2, 0) is 0 Å². The molecule has 7 aromatic carbocycles. The molecule has 0 aliphatic heterocycles. The van der Waals surface area contributed by atoms with E-state index >= 15 is 0 Å². The second-order valence-corrected chi connectivity index (χ2v) is 12.0. The van der Waals surface area contributed by atoms with Crippen molar-refractivity contribution in [3.63, 3.8) is 0 Å². The van der Waals surface area contributed by atoms with Crippen molar-refractivity contribution in [3.05, 3.63) is 151 Å². The largest absolute Gasteiger partial charge is 0.456 e. The van der Waals surface area contributed by atoms with Gasteiger partial charge in [-0.2, -0.15) is 5.26 Å². The molecule has 3 heterocycles. The number of rotatable bonds is 3. The first kappa shape index (κ1) is 25.7. The molecule has 0 aliphatic rings. The summed E-state index contributed by atoms with van der Waals surface area (Å²) in [6, 6.07) is 52.5. The minimum atomic E-state index is 0.618. The second-order valence-electron chi connectivity index (χ2n) is 12.0. The summed E-state index contributed by atoms with van der Waals surface area (Å²) >= 11 is 0. The molecule has 0 atom stereocenters. The molecular weight excluding hydrogens is 576 g/mol. The van der Waals surface area contributed by atoms with Gasteiger partial charge in [-0.05, 0) is 65.2 Å². The quantitative estimate of drug-likeness (QED) is 0.203. The number of hydrogen-bond acceptors (Lipinski definition) is 3. The number of nitriles is 1. The Labute approximate surface area is 268 Å². The van der Waals surface area contributed by atoms with Gasteiger partial charge in [-0.25, -0.2) is 0 Å². The van der Waals surface area contributed by atoms with Crippen molar-refractivity contribution in [2.75, 3.05) is 0 Å². The fraction of sp³-hybridized carbons (Fsp3) is 0. The normalized spacial score (nSPS) is 11.8. The minimum absolute atomic E-state index is 0.618. The molecule has 4 heteroatoms. The molecule has 10 rings (SSSR count). The van der Waals surface area contributed by atoms with Crippen LogP contribution in [0.2, 0.25) is 0 Å². The number of para-hydroxylation sites is 3. The molecule has 0 aliphatic carbocycles. The van der Waals surface area contributed by atoms with E-state index in [0.29, 0.717) is 5.56 Å². The molecule has 0 spiro atoms. The van der Waals surface area contributed by atoms with Crippen molar-refractivity contribution < 1.29 is 8.83 Å². The fourth-order valence-electron chi connectivity index (χ4n) is 7.30. The highest BCUT2D eigenvalue weighted by Crippen LogP contribution is 2.42. The highest BCUT2D eigenvalue weighted by atomic mass is 16.3. The predicted molar refractivity (Wildman–Crippen MR) is 191 cm³/mol. The van der Waals surface area contributed by atoms with Crippen molar-refractivity contribution in [1.82, 2.24) is 4.57 Å². The van der Waals surface area contributed by atoms with E-state index < -0.39 is 0 Å². The monoisotopic (exact) mass is 600 g/mol. The summed E-state index contributed by atoms with van der Waals surface area (Å²) in [7, 11) is 0. The number of hydrogen-bond donors (Lipinski definition) is 0. The van der Waals surface area contributed by atoms with Crippen LogP contribution in [0, 0.1) is 11.3 Å². The molecule has 3 aromatic heterocycles. The molecule has 10 aromatic rings. The second kappa shape index (κ2) is 9.71. The molecule has 0 saturated carbocycles. The molecule has 218 valence electrons. The summed E-state index contributed by atoms with van der Waals surface area (Å²) in [4.78, 5) is 0. The summed E-state index contributed by atoms with van der Waals surface area (Å²) in [5.74, 6) is 0. The van der Waals surface area contributed by atoms with Gasteiger partial charge in [-0.15, -0.1) is 0 Å². The fourth-order valence-corrected chi connectivity index (χ4v) is 7.30. The van der Waals surface area contributed by atoms with Crippen LogP contribution in [0.1, 0.15) is 5.56 Å². The smallest absolute Gasteiger partial charge is 0.139 e. The van der Waals surface area contributed by atoms with Gasteiger partial charge < -0.3 is 13.4 Å². The number of furan rings is 2. The molecule has 0 radical (unpaired) electrons. The Bertz CT molecular complexity index is 2860. The molecule has 0 amide bonds. The van der Waals surface area contributed by atoms with E-state index in [1.807, 2.05) is 36.4 Å². The van der Waals surface area contributed by atoms with Gasteiger partial charge in [0.1, 0.15) is 28.4 Å². The first-order chi connectivity index (χ1) is 23.2. The summed E-state index contributed by atoms with van der Waals surface area (Å²) in [6.45, 7) is 0. The van der Waals surface area contributed by atoms with Crippen molar-refractivity contribution >= 4 is 65.7 Å². The zero-order chi connectivity index (χ0) is 31.1. The third kappa shape index (κ3) is 3.75. The summed E-state index contributed by atoms with van der Waals surface area (Å²) in [5.41, 5.74) is 11.2. The van der Waals surface area contributed by atoms with Crippen LogP contribution < -0.4 is 0 Å². The van der Waals surface area contributed by atoms with Gasteiger partial charge in [0, 0.05) is 43.9 Å². The molecular formula is C43H24N2O2. The van der Waals surface area contributed by atoms with Gasteiger partial charge in [0.25, 0.3) is 0 Å². The highest BCUT2D eigenvalue weighted by Gasteiger charge is 2.20. The Balaban J connectivity index is 1.21. The van der Waals surface area contributed by atoms with E-state index in [9.17, 15) is 5.26 Å². The van der Waals surface area contributed by atoms with Gasteiger partial charge in [-0.3, -0.25) is 0 Å². The lowest BCUT2D eigenvalue weighted by molar-refractivity contribution is 0.656. The average molecular weight is 601 g/mol. The standard InChI is InChI=1S/C43H24N2O2/c44-25-29-11-8-14-30(43(29)45-37-15-6-4-12-31(37)32-13-5-7-16-38(32)45)28-18-20-40-34(22-28)36-23-35-33-21-27(26-9-2-1-3-10-26)17-19-39(33)46-41(35)24-42(36)47-40/h1-24H. The van der Waals surface area contributed by atoms with Gasteiger partial charge >= 0.3 is 0 Å². The summed E-state index contributed by atoms with van der Waals surface area (Å²) < 4.78 is 14.9. The summed E-state index contributed by atoms with van der Waals surface area (Å²) in [5, 5.41) is 16.9. The molecule has 47 heavy (non-hydrogen) atoms. The van der Waals surface area contributed by atoms with Crippen LogP contribution in [0.25, 0.3) is 93.6 Å². The van der Waals surface area contributed by atoms with E-state index in [4.69, 9.17) is 8.83 Å². The Hall–Kier alpha value is -6.57. The van der Waals surface area contributed by atoms with E-state index in [2.05, 4.69) is 120 Å². The maximum atomic E-state index is 10.4. The lowest BCUT2D eigenvalue weighted by Crippen LogP contribution is -2.00. The SMILES string of the molecule is N#Cc1cccc(-c2ccc3oc4cc5oc6ccc(-c7ccccc7)cc6c5cc4c3c2)c1-n1c2ccccc2c2ccccc21. The Morgan fingerprint density at radius 3 is 1.66 bits per heavy atom. The van der Waals surface area contributed by atoms with Crippen LogP contribution in [-0.4, -0.2) is 4.57 Å². The number of fused-ring (bicyclic) bond motifs is 9. The molecule has 0 fully saturated rings. The van der Waals surface area contributed by atoms with Crippen molar-refractivity contribution in [3.8, 4) is 34.0 Å². The van der Waals surface area contributed by atoms with Gasteiger partial charge in [0.15, 0.2) is 0 Å². The Morgan fingerprint density at radius 1 is 0.426 bits per heavy atom. The zero-order valence-corrected chi connectivity index (χ0v) is 25.1. The lowest BCUT2D eigenvalue weighted by Gasteiger charge is -2.16. The average Bonchev–Trinajstić information content (AvgIpc) is 3.78.